The van der Waals surface area contributed by atoms with E-state index in [1.54, 1.807) is 31.5 Å². The summed E-state index contributed by atoms with van der Waals surface area (Å²) in [7, 11) is 1.65. The maximum absolute atomic E-state index is 10.1. The van der Waals surface area contributed by atoms with E-state index >= 15 is 0 Å². The molecule has 4 aromatic rings. The highest BCUT2D eigenvalue weighted by molar-refractivity contribution is 6.06. The third-order valence-corrected chi connectivity index (χ3v) is 11.6. The van der Waals surface area contributed by atoms with Crippen molar-refractivity contribution in [1.29, 1.82) is 0 Å². The fourth-order valence-electron chi connectivity index (χ4n) is 7.19. The molecule has 0 spiro atoms. The number of nitrogens with zero attached hydrogens (tertiary/aromatic N) is 3. The second kappa shape index (κ2) is 25.8. The summed E-state index contributed by atoms with van der Waals surface area (Å²) >= 11 is 0. The third kappa shape index (κ3) is 15.1. The van der Waals surface area contributed by atoms with Crippen molar-refractivity contribution in [2.24, 2.45) is 21.9 Å². The SMILES string of the molecule is CCc1cc(O)ccc1N=C(N)c1cnn2cc(-c3ccc(OCCOCCOCCOCCOCCOCCOCCOCCOC)cc3)cc2c1N[C@@H]1CC[C@](C)(N)C1(C)C. The molecule has 0 unspecified atom stereocenters. The topological polar surface area (TPSA) is 197 Å². The molecule has 1 aliphatic carbocycles. The highest BCUT2D eigenvalue weighted by Gasteiger charge is 2.49. The molecule has 348 valence electrons. The first kappa shape index (κ1) is 49.7. The molecule has 0 amide bonds. The summed E-state index contributed by atoms with van der Waals surface area (Å²) in [6, 6.07) is 15.3. The van der Waals surface area contributed by atoms with Crippen molar-refractivity contribution in [1.82, 2.24) is 9.61 Å². The van der Waals surface area contributed by atoms with Gasteiger partial charge in [0, 0.05) is 35.9 Å². The monoisotopic (exact) mass is 879 g/mol. The van der Waals surface area contributed by atoms with Gasteiger partial charge in [-0.1, -0.05) is 32.9 Å². The smallest absolute Gasteiger partial charge is 0.135 e. The highest BCUT2D eigenvalue weighted by Crippen LogP contribution is 2.46. The molecule has 2 aromatic carbocycles. The van der Waals surface area contributed by atoms with E-state index in [1.165, 1.54) is 0 Å². The molecule has 16 nitrogen and oxygen atoms in total. The zero-order chi connectivity index (χ0) is 44.9. The van der Waals surface area contributed by atoms with Crippen molar-refractivity contribution in [3.63, 3.8) is 0 Å². The van der Waals surface area contributed by atoms with Gasteiger partial charge in [0.2, 0.25) is 0 Å². The van der Waals surface area contributed by atoms with Gasteiger partial charge in [-0.05, 0) is 73.7 Å². The lowest BCUT2D eigenvalue weighted by atomic mass is 9.75. The average Bonchev–Trinajstić information content (AvgIpc) is 3.80. The molecule has 2 heterocycles. The Labute approximate surface area is 372 Å². The number of anilines is 1. The minimum Gasteiger partial charge on any atom is -0.508 e. The first-order valence-corrected chi connectivity index (χ1v) is 22.0. The normalized spacial score (nSPS) is 17.5. The van der Waals surface area contributed by atoms with Gasteiger partial charge in [0.1, 0.15) is 23.9 Å². The van der Waals surface area contributed by atoms with Gasteiger partial charge in [0.05, 0.1) is 128 Å². The van der Waals surface area contributed by atoms with Crippen LogP contribution in [0.25, 0.3) is 16.6 Å². The predicted molar refractivity (Wildman–Crippen MR) is 245 cm³/mol. The molecule has 0 aliphatic heterocycles. The van der Waals surface area contributed by atoms with Crippen LogP contribution >= 0.6 is 0 Å². The van der Waals surface area contributed by atoms with Crippen LogP contribution in [-0.4, -0.2) is 145 Å². The Hall–Kier alpha value is -4.36. The molecule has 0 bridgehead atoms. The zero-order valence-electron chi connectivity index (χ0n) is 37.9. The number of amidine groups is 1. The number of aliphatic imine (C=N–C) groups is 1. The third-order valence-electron chi connectivity index (χ3n) is 11.6. The molecule has 16 heteroatoms. The van der Waals surface area contributed by atoms with Crippen molar-refractivity contribution in [3.05, 3.63) is 72.1 Å². The van der Waals surface area contributed by atoms with Crippen LogP contribution in [0.2, 0.25) is 0 Å². The van der Waals surface area contributed by atoms with Gasteiger partial charge in [-0.25, -0.2) is 9.51 Å². The van der Waals surface area contributed by atoms with Crippen LogP contribution in [0.3, 0.4) is 0 Å². The lowest BCUT2D eigenvalue weighted by molar-refractivity contribution is -0.0227. The van der Waals surface area contributed by atoms with Gasteiger partial charge in [-0.2, -0.15) is 5.10 Å². The molecule has 1 saturated carbocycles. The average molecular weight is 879 g/mol. The number of hydrogen-bond donors (Lipinski definition) is 4. The molecule has 0 saturated heterocycles. The summed E-state index contributed by atoms with van der Waals surface area (Å²) < 4.78 is 51.3. The van der Waals surface area contributed by atoms with Gasteiger partial charge >= 0.3 is 0 Å². The van der Waals surface area contributed by atoms with Crippen molar-refractivity contribution in [2.45, 2.75) is 58.5 Å². The Kier molecular flexibility index (Phi) is 20.3. The number of phenols is 1. The predicted octanol–water partition coefficient (Wildman–Crippen LogP) is 5.77. The first-order valence-electron chi connectivity index (χ1n) is 22.0. The number of benzene rings is 2. The Morgan fingerprint density at radius 1 is 0.762 bits per heavy atom. The molecular weight excluding hydrogens is 809 g/mol. The Bertz CT molecular complexity index is 1970. The quantitative estimate of drug-likeness (QED) is 0.0270. The van der Waals surface area contributed by atoms with Crippen LogP contribution in [0, 0.1) is 5.41 Å². The van der Waals surface area contributed by atoms with Crippen LogP contribution in [-0.2, 0) is 44.3 Å². The van der Waals surface area contributed by atoms with Crippen molar-refractivity contribution in [2.75, 3.05) is 118 Å². The van der Waals surface area contributed by atoms with Crippen LogP contribution in [0.1, 0.15) is 51.7 Å². The van der Waals surface area contributed by atoms with E-state index in [4.69, 9.17) is 64.2 Å². The Morgan fingerprint density at radius 3 is 1.81 bits per heavy atom. The molecule has 5 rings (SSSR count). The second-order valence-electron chi connectivity index (χ2n) is 16.2. The van der Waals surface area contributed by atoms with Gasteiger partial charge in [0.15, 0.2) is 0 Å². The number of aromatic hydroxyl groups is 1. The number of methoxy groups -OCH3 is 1. The number of aromatic nitrogens is 2. The van der Waals surface area contributed by atoms with E-state index in [-0.39, 0.29) is 22.7 Å². The lowest BCUT2D eigenvalue weighted by Crippen LogP contribution is -2.51. The first-order chi connectivity index (χ1) is 30.5. The van der Waals surface area contributed by atoms with Gasteiger partial charge < -0.3 is 64.5 Å². The molecule has 0 radical (unpaired) electrons. The van der Waals surface area contributed by atoms with Crippen molar-refractivity contribution in [3.8, 4) is 22.6 Å². The molecule has 2 aromatic heterocycles. The minimum absolute atomic E-state index is 0.0886. The second-order valence-corrected chi connectivity index (χ2v) is 16.2. The number of hydrogen-bond acceptors (Lipinski definition) is 14. The molecular formula is C47H70N6O10. The van der Waals surface area contributed by atoms with E-state index in [1.807, 2.05) is 41.9 Å². The van der Waals surface area contributed by atoms with Crippen molar-refractivity contribution >= 4 is 22.7 Å². The number of nitrogens with two attached hydrogens (primary N) is 2. The van der Waals surface area contributed by atoms with Gasteiger partial charge in [-0.15, -0.1) is 0 Å². The van der Waals surface area contributed by atoms with Crippen LogP contribution in [0.15, 0.2) is 65.9 Å². The Balaban J connectivity index is 1.01. The molecule has 63 heavy (non-hydrogen) atoms. The number of rotatable bonds is 31. The van der Waals surface area contributed by atoms with E-state index in [0.29, 0.717) is 129 Å². The minimum atomic E-state index is -0.337. The summed E-state index contributed by atoms with van der Waals surface area (Å²) in [6.07, 6.45) is 6.27. The number of phenolic OH excluding ortho intramolecular Hbond substituents is 1. The Morgan fingerprint density at radius 2 is 1.30 bits per heavy atom. The maximum Gasteiger partial charge on any atom is 0.135 e. The standard InChI is InChI=1S/C47H70N6O10/c1-6-35-31-38(54)9-12-41(35)51-45(48)40-33-50-53-34-37(32-42(53)44(40)52-43-13-14-47(4,49)46(43,2)3)36-7-10-39(11-8-36)63-30-29-62-28-27-61-26-25-60-24-23-59-22-21-58-20-19-57-18-17-56-16-15-55-5/h7-12,31-34,43,52,54H,6,13-30,49H2,1-5H3,(H2,48,51)/t43-,47+/m1/s1. The highest BCUT2D eigenvalue weighted by atomic mass is 16.6. The number of ether oxygens (including phenoxy) is 9. The van der Waals surface area contributed by atoms with E-state index < -0.39 is 0 Å². The van der Waals surface area contributed by atoms with Crippen molar-refractivity contribution < 1.29 is 47.7 Å². The maximum atomic E-state index is 10.1. The number of aryl methyl sites for hydroxylation is 1. The molecule has 6 N–H and O–H groups in total. The van der Waals surface area contributed by atoms with E-state index in [9.17, 15) is 5.11 Å². The summed E-state index contributed by atoms with van der Waals surface area (Å²) in [5.74, 6) is 1.27. The molecule has 1 aliphatic rings. The fourth-order valence-corrected chi connectivity index (χ4v) is 7.19. The van der Waals surface area contributed by atoms with E-state index in [0.717, 1.165) is 46.5 Å². The lowest BCUT2D eigenvalue weighted by Gasteiger charge is -2.39. The van der Waals surface area contributed by atoms with Gasteiger partial charge in [-0.3, -0.25) is 0 Å². The van der Waals surface area contributed by atoms with Crippen LogP contribution in [0.5, 0.6) is 11.5 Å². The van der Waals surface area contributed by atoms with Crippen LogP contribution < -0.4 is 21.5 Å². The summed E-state index contributed by atoms with van der Waals surface area (Å²) in [5, 5.41) is 18.7. The summed E-state index contributed by atoms with van der Waals surface area (Å²) in [4.78, 5) is 4.83. The summed E-state index contributed by atoms with van der Waals surface area (Å²) in [5.41, 5.74) is 19.1. The largest absolute Gasteiger partial charge is 0.508 e. The van der Waals surface area contributed by atoms with Crippen LogP contribution in [0.4, 0.5) is 11.4 Å². The molecule has 1 fully saturated rings. The summed E-state index contributed by atoms with van der Waals surface area (Å²) in [6.45, 7) is 16.6. The fraction of sp³-hybridized carbons (Fsp3) is 0.574. The van der Waals surface area contributed by atoms with E-state index in [2.05, 4.69) is 32.2 Å². The number of fused-ring (bicyclic) bond motifs is 1. The van der Waals surface area contributed by atoms with Gasteiger partial charge in [0.25, 0.3) is 0 Å². The molecule has 2 atom stereocenters. The number of nitrogens with one attached hydrogen (secondary N) is 1. The zero-order valence-corrected chi connectivity index (χ0v) is 37.9.